The lowest BCUT2D eigenvalue weighted by molar-refractivity contribution is -0.140. The van der Waals surface area contributed by atoms with E-state index in [9.17, 15) is 14.7 Å². The molecule has 0 saturated carbocycles. The fourth-order valence-electron chi connectivity index (χ4n) is 4.77. The summed E-state index contributed by atoms with van der Waals surface area (Å²) in [6.07, 6.45) is 0.648. The molecule has 2 aromatic rings. The number of carbonyl (C=O) groups excluding carboxylic acids is 2. The maximum atomic E-state index is 13.3. The van der Waals surface area contributed by atoms with Gasteiger partial charge in [-0.3, -0.25) is 14.5 Å². The Labute approximate surface area is 221 Å². The highest BCUT2D eigenvalue weighted by Crippen LogP contribution is 2.45. The van der Waals surface area contributed by atoms with Crippen LogP contribution >= 0.6 is 11.6 Å². The Morgan fingerprint density at radius 3 is 2.19 bits per heavy atom. The minimum atomic E-state index is -0.853. The molecule has 1 atom stereocenters. The third-order valence-corrected chi connectivity index (χ3v) is 6.89. The minimum absolute atomic E-state index is 0.00651. The van der Waals surface area contributed by atoms with Crippen molar-refractivity contribution in [3.8, 4) is 17.2 Å². The third-order valence-electron chi connectivity index (χ3n) is 6.64. The van der Waals surface area contributed by atoms with E-state index in [-0.39, 0.29) is 11.3 Å². The third kappa shape index (κ3) is 5.53. The molecule has 0 aromatic heterocycles. The molecule has 2 saturated heterocycles. The maximum Gasteiger partial charge on any atom is 0.295 e. The van der Waals surface area contributed by atoms with Crippen molar-refractivity contribution in [1.82, 2.24) is 9.80 Å². The number of Topliss-reactive ketones (excluding diaryl/α,β-unsaturated/α-hetero) is 1. The zero-order chi connectivity index (χ0) is 26.5. The summed E-state index contributed by atoms with van der Waals surface area (Å²) in [4.78, 5) is 30.4. The number of aliphatic hydroxyl groups excluding tert-OH is 1. The summed E-state index contributed by atoms with van der Waals surface area (Å²) in [7, 11) is 4.49. The largest absolute Gasteiger partial charge is 0.507 e. The van der Waals surface area contributed by atoms with E-state index >= 15 is 0 Å². The van der Waals surface area contributed by atoms with Crippen molar-refractivity contribution < 1.29 is 33.6 Å². The highest BCUT2D eigenvalue weighted by Gasteiger charge is 2.46. The second-order valence-electron chi connectivity index (χ2n) is 8.77. The predicted molar refractivity (Wildman–Crippen MR) is 138 cm³/mol. The van der Waals surface area contributed by atoms with E-state index in [0.717, 1.165) is 19.6 Å². The molecule has 2 aliphatic rings. The van der Waals surface area contributed by atoms with Crippen molar-refractivity contribution in [2.24, 2.45) is 0 Å². The average Bonchev–Trinajstić information content (AvgIpc) is 3.17. The Kier molecular flexibility index (Phi) is 8.58. The fraction of sp³-hybridized carbons (Fsp3) is 0.407. The van der Waals surface area contributed by atoms with Crippen LogP contribution in [0.1, 0.15) is 23.6 Å². The number of morpholine rings is 1. The summed E-state index contributed by atoms with van der Waals surface area (Å²) in [5, 5.41) is 11.7. The van der Waals surface area contributed by atoms with E-state index in [1.807, 2.05) is 0 Å². The number of rotatable bonds is 9. The normalized spacial score (nSPS) is 19.8. The van der Waals surface area contributed by atoms with Gasteiger partial charge < -0.3 is 29.0 Å². The molecule has 4 rings (SSSR count). The lowest BCUT2D eigenvalue weighted by Crippen LogP contribution is -2.39. The second-order valence-corrected chi connectivity index (χ2v) is 9.20. The van der Waals surface area contributed by atoms with Gasteiger partial charge in [0.1, 0.15) is 5.76 Å². The van der Waals surface area contributed by atoms with Crippen molar-refractivity contribution in [2.75, 3.05) is 60.7 Å². The second kappa shape index (κ2) is 11.9. The molecule has 198 valence electrons. The first-order valence-corrected chi connectivity index (χ1v) is 12.4. The van der Waals surface area contributed by atoms with Gasteiger partial charge in [0.2, 0.25) is 5.75 Å². The van der Waals surface area contributed by atoms with Crippen LogP contribution in [-0.4, -0.2) is 87.3 Å². The molecule has 0 bridgehead atoms. The smallest absolute Gasteiger partial charge is 0.295 e. The van der Waals surface area contributed by atoms with Crippen LogP contribution in [0.3, 0.4) is 0 Å². The molecule has 2 aromatic carbocycles. The number of ether oxygens (including phenoxy) is 4. The number of hydrogen-bond donors (Lipinski definition) is 1. The first-order valence-electron chi connectivity index (χ1n) is 12.0. The molecule has 9 nitrogen and oxygen atoms in total. The number of likely N-dealkylation sites (tertiary alicyclic amines) is 1. The molecule has 37 heavy (non-hydrogen) atoms. The SMILES string of the molecule is COc1cc(C2/C(=C(\O)c3ccc(Cl)cc3)C(=O)C(=O)N2CCCN2CCOCC2)cc(OC)c1OC. The molecule has 2 aliphatic heterocycles. The van der Waals surface area contributed by atoms with Crippen LogP contribution < -0.4 is 14.2 Å². The Balaban J connectivity index is 1.77. The molecular weight excluding hydrogens is 500 g/mol. The lowest BCUT2D eigenvalue weighted by atomic mass is 9.94. The van der Waals surface area contributed by atoms with Gasteiger partial charge >= 0.3 is 0 Å². The van der Waals surface area contributed by atoms with E-state index in [1.165, 1.54) is 26.2 Å². The van der Waals surface area contributed by atoms with Gasteiger partial charge in [-0.15, -0.1) is 0 Å². The standard InChI is InChI=1S/C27H31ClN2O7/c1-34-20-15-18(16-21(35-2)26(20)36-3)23-22(24(31)17-5-7-19(28)8-6-17)25(32)27(33)30(23)10-4-9-29-11-13-37-14-12-29/h5-8,15-16,23,31H,4,9-14H2,1-3H3/b24-22+. The van der Waals surface area contributed by atoms with Crippen molar-refractivity contribution in [3.63, 3.8) is 0 Å². The zero-order valence-corrected chi connectivity index (χ0v) is 21.9. The molecule has 2 fully saturated rings. The van der Waals surface area contributed by atoms with Crippen LogP contribution in [0.15, 0.2) is 42.0 Å². The van der Waals surface area contributed by atoms with Gasteiger partial charge in [-0.2, -0.15) is 0 Å². The Morgan fingerprint density at radius 1 is 1.00 bits per heavy atom. The van der Waals surface area contributed by atoms with Crippen molar-refractivity contribution in [1.29, 1.82) is 0 Å². The number of benzene rings is 2. The van der Waals surface area contributed by atoms with Crippen LogP contribution in [0.4, 0.5) is 0 Å². The van der Waals surface area contributed by atoms with E-state index < -0.39 is 17.7 Å². The van der Waals surface area contributed by atoms with Crippen LogP contribution in [0.25, 0.3) is 5.76 Å². The van der Waals surface area contributed by atoms with Crippen LogP contribution in [-0.2, 0) is 14.3 Å². The first kappa shape index (κ1) is 26.8. The van der Waals surface area contributed by atoms with Gasteiger partial charge in [0.15, 0.2) is 11.5 Å². The Bertz CT molecular complexity index is 1150. The summed E-state index contributed by atoms with van der Waals surface area (Å²) in [6, 6.07) is 8.98. The molecule has 2 heterocycles. The number of amides is 1. The first-order chi connectivity index (χ1) is 17.9. The number of aliphatic hydroxyl groups is 1. The highest BCUT2D eigenvalue weighted by molar-refractivity contribution is 6.46. The van der Waals surface area contributed by atoms with Gasteiger partial charge in [0, 0.05) is 36.8 Å². The number of carbonyl (C=O) groups is 2. The van der Waals surface area contributed by atoms with Crippen LogP contribution in [0.5, 0.6) is 17.2 Å². The molecule has 1 amide bonds. The van der Waals surface area contributed by atoms with Gasteiger partial charge in [0.25, 0.3) is 11.7 Å². The molecule has 10 heteroatoms. The molecular formula is C27H31ClN2O7. The summed E-state index contributed by atoms with van der Waals surface area (Å²) in [5.74, 6) is -0.557. The minimum Gasteiger partial charge on any atom is -0.507 e. The zero-order valence-electron chi connectivity index (χ0n) is 21.2. The lowest BCUT2D eigenvalue weighted by Gasteiger charge is -2.29. The van der Waals surface area contributed by atoms with Crippen LogP contribution in [0, 0.1) is 0 Å². The number of ketones is 1. The molecule has 0 spiro atoms. The topological polar surface area (TPSA) is 97.8 Å². The molecule has 0 radical (unpaired) electrons. The summed E-state index contributed by atoms with van der Waals surface area (Å²) >= 11 is 6.01. The molecule has 1 unspecified atom stereocenters. The number of hydrogen-bond acceptors (Lipinski definition) is 8. The Hall–Kier alpha value is -3.27. The van der Waals surface area contributed by atoms with Gasteiger partial charge in [-0.1, -0.05) is 11.6 Å². The predicted octanol–water partition coefficient (Wildman–Crippen LogP) is 3.51. The number of methoxy groups -OCH3 is 3. The maximum absolute atomic E-state index is 13.3. The van der Waals surface area contributed by atoms with Crippen LogP contribution in [0.2, 0.25) is 5.02 Å². The average molecular weight is 531 g/mol. The summed E-state index contributed by atoms with van der Waals surface area (Å²) in [5.41, 5.74) is 0.928. The van der Waals surface area contributed by atoms with Crippen molar-refractivity contribution >= 4 is 29.1 Å². The quantitative estimate of drug-likeness (QED) is 0.299. The van der Waals surface area contributed by atoms with Gasteiger partial charge in [-0.05, 0) is 48.4 Å². The monoisotopic (exact) mass is 530 g/mol. The van der Waals surface area contributed by atoms with Gasteiger partial charge in [0.05, 0.1) is 46.2 Å². The van der Waals surface area contributed by atoms with Gasteiger partial charge in [-0.25, -0.2) is 0 Å². The van der Waals surface area contributed by atoms with E-state index in [4.69, 9.17) is 30.5 Å². The molecule has 0 aliphatic carbocycles. The molecule has 1 N–H and O–H groups in total. The highest BCUT2D eigenvalue weighted by atomic mass is 35.5. The van der Waals surface area contributed by atoms with E-state index in [0.29, 0.717) is 59.6 Å². The number of nitrogens with zero attached hydrogens (tertiary/aromatic N) is 2. The Morgan fingerprint density at radius 2 is 1.62 bits per heavy atom. The fourth-order valence-corrected chi connectivity index (χ4v) is 4.90. The van der Waals surface area contributed by atoms with E-state index in [1.54, 1.807) is 36.4 Å². The summed E-state index contributed by atoms with van der Waals surface area (Å²) in [6.45, 7) is 4.08. The van der Waals surface area contributed by atoms with Crippen molar-refractivity contribution in [3.05, 3.63) is 58.1 Å². The van der Waals surface area contributed by atoms with E-state index in [2.05, 4.69) is 4.90 Å². The number of halogens is 1. The van der Waals surface area contributed by atoms with Crippen molar-refractivity contribution in [2.45, 2.75) is 12.5 Å². The summed E-state index contributed by atoms with van der Waals surface area (Å²) < 4.78 is 21.9.